The standard InChI is InChI=1S/C28H42O5/c1-19(9-10-21-17-23(33-7)16-20(2)25(21)31)15-22(29)18-27(5)12-8-13-28(27,6)24(30)11-14-26(3,4)32/h9,16-17,31-32H,8,10-15,18H2,1-7H3/b19-9-/t27-,28+/m0/s1. The van der Waals surface area contributed by atoms with Gasteiger partial charge in [0.1, 0.15) is 23.1 Å². The van der Waals surface area contributed by atoms with Crippen molar-refractivity contribution in [3.05, 3.63) is 34.9 Å². The molecule has 0 saturated heterocycles. The highest BCUT2D eigenvalue weighted by molar-refractivity contribution is 5.88. The van der Waals surface area contributed by atoms with E-state index in [1.807, 2.05) is 32.9 Å². The number of methoxy groups -OCH3 is 1. The summed E-state index contributed by atoms with van der Waals surface area (Å²) in [5, 5.41) is 20.4. The minimum Gasteiger partial charge on any atom is -0.507 e. The zero-order valence-corrected chi connectivity index (χ0v) is 21.5. The molecule has 0 aliphatic heterocycles. The van der Waals surface area contributed by atoms with Crippen LogP contribution in [0.4, 0.5) is 0 Å². The van der Waals surface area contributed by atoms with Crippen LogP contribution in [0, 0.1) is 17.8 Å². The van der Waals surface area contributed by atoms with Gasteiger partial charge in [-0.05, 0) is 76.5 Å². The molecule has 0 amide bonds. The Morgan fingerprint density at radius 3 is 2.48 bits per heavy atom. The molecule has 184 valence electrons. The lowest BCUT2D eigenvalue weighted by Crippen LogP contribution is -2.41. The fraction of sp³-hybridized carbons (Fsp3) is 0.643. The summed E-state index contributed by atoms with van der Waals surface area (Å²) in [5.74, 6) is 1.25. The number of phenols is 1. The molecule has 0 bridgehead atoms. The van der Waals surface area contributed by atoms with Gasteiger partial charge in [-0.15, -0.1) is 0 Å². The van der Waals surface area contributed by atoms with Crippen LogP contribution in [0.3, 0.4) is 0 Å². The Hall–Kier alpha value is -2.14. The number of aliphatic hydroxyl groups is 1. The van der Waals surface area contributed by atoms with E-state index in [9.17, 15) is 19.8 Å². The number of carbonyl (C=O) groups is 2. The fourth-order valence-corrected chi connectivity index (χ4v) is 5.12. The Balaban J connectivity index is 2.05. The monoisotopic (exact) mass is 458 g/mol. The van der Waals surface area contributed by atoms with Crippen molar-refractivity contribution in [1.82, 2.24) is 0 Å². The molecule has 1 aliphatic carbocycles. The number of ether oxygens (including phenoxy) is 1. The molecule has 1 aromatic rings. The van der Waals surface area contributed by atoms with Gasteiger partial charge in [-0.3, -0.25) is 9.59 Å². The lowest BCUT2D eigenvalue weighted by atomic mass is 9.62. The van der Waals surface area contributed by atoms with Gasteiger partial charge in [0.2, 0.25) is 0 Å². The first kappa shape index (κ1) is 27.1. The lowest BCUT2D eigenvalue weighted by Gasteiger charge is -2.40. The van der Waals surface area contributed by atoms with Gasteiger partial charge in [0.05, 0.1) is 12.7 Å². The van der Waals surface area contributed by atoms with E-state index >= 15 is 0 Å². The van der Waals surface area contributed by atoms with Gasteiger partial charge in [-0.25, -0.2) is 0 Å². The van der Waals surface area contributed by atoms with Crippen LogP contribution in [-0.2, 0) is 16.0 Å². The van der Waals surface area contributed by atoms with Crippen LogP contribution in [0.25, 0.3) is 0 Å². The Morgan fingerprint density at radius 1 is 1.21 bits per heavy atom. The van der Waals surface area contributed by atoms with E-state index in [1.165, 1.54) is 0 Å². The molecule has 1 fully saturated rings. The van der Waals surface area contributed by atoms with Crippen LogP contribution in [0.5, 0.6) is 11.5 Å². The van der Waals surface area contributed by atoms with E-state index in [2.05, 4.69) is 6.92 Å². The van der Waals surface area contributed by atoms with Crippen LogP contribution >= 0.6 is 0 Å². The first-order valence-electron chi connectivity index (χ1n) is 12.0. The number of aryl methyl sites for hydroxylation is 1. The van der Waals surface area contributed by atoms with Crippen LogP contribution in [0.2, 0.25) is 0 Å². The Morgan fingerprint density at radius 2 is 1.88 bits per heavy atom. The zero-order chi connectivity index (χ0) is 25.0. The molecule has 5 nitrogen and oxygen atoms in total. The van der Waals surface area contributed by atoms with E-state index in [1.54, 1.807) is 27.0 Å². The number of carbonyl (C=O) groups excluding carboxylic acids is 2. The Kier molecular flexibility index (Phi) is 8.56. The quantitative estimate of drug-likeness (QED) is 0.406. The van der Waals surface area contributed by atoms with Crippen molar-refractivity contribution in [2.45, 2.75) is 98.5 Å². The molecule has 5 heteroatoms. The normalized spacial score (nSPS) is 23.6. The van der Waals surface area contributed by atoms with Crippen LogP contribution in [0.1, 0.15) is 90.7 Å². The van der Waals surface area contributed by atoms with Crippen molar-refractivity contribution >= 4 is 11.6 Å². The van der Waals surface area contributed by atoms with Crippen LogP contribution in [0.15, 0.2) is 23.8 Å². The van der Waals surface area contributed by atoms with E-state index < -0.39 is 11.0 Å². The van der Waals surface area contributed by atoms with Crippen molar-refractivity contribution in [3.8, 4) is 11.5 Å². The molecule has 0 spiro atoms. The predicted molar refractivity (Wildman–Crippen MR) is 132 cm³/mol. The van der Waals surface area contributed by atoms with Crippen molar-refractivity contribution < 1.29 is 24.5 Å². The average molecular weight is 459 g/mol. The summed E-state index contributed by atoms with van der Waals surface area (Å²) >= 11 is 0. The summed E-state index contributed by atoms with van der Waals surface area (Å²) in [7, 11) is 1.60. The SMILES string of the molecule is COc1cc(C)c(O)c(C/C=C(/C)CC(=O)C[C@]2(C)CCC[C@]2(C)C(=O)CCC(C)(C)O)c1. The number of hydrogen-bond donors (Lipinski definition) is 2. The van der Waals surface area contributed by atoms with Crippen molar-refractivity contribution in [2.24, 2.45) is 10.8 Å². The molecule has 0 radical (unpaired) electrons. The molecular formula is C28H42O5. The molecule has 1 aliphatic rings. The average Bonchev–Trinajstić information content (AvgIpc) is 3.01. The second-order valence-corrected chi connectivity index (χ2v) is 11.1. The largest absolute Gasteiger partial charge is 0.507 e. The molecular weight excluding hydrogens is 416 g/mol. The number of benzene rings is 1. The number of hydrogen-bond acceptors (Lipinski definition) is 5. The topological polar surface area (TPSA) is 83.8 Å². The van der Waals surface area contributed by atoms with Gasteiger partial charge in [0.25, 0.3) is 0 Å². The van der Waals surface area contributed by atoms with E-state index in [4.69, 9.17) is 4.74 Å². The maximum absolute atomic E-state index is 13.1. The summed E-state index contributed by atoms with van der Waals surface area (Å²) in [6.07, 6.45) is 6.60. The van der Waals surface area contributed by atoms with Crippen LogP contribution in [-0.4, -0.2) is 34.5 Å². The maximum Gasteiger partial charge on any atom is 0.139 e. The number of aromatic hydroxyl groups is 1. The van der Waals surface area contributed by atoms with Gasteiger partial charge in [-0.2, -0.15) is 0 Å². The minimum atomic E-state index is -0.867. The smallest absolute Gasteiger partial charge is 0.139 e. The van der Waals surface area contributed by atoms with Crippen LogP contribution < -0.4 is 4.74 Å². The highest BCUT2D eigenvalue weighted by atomic mass is 16.5. The molecule has 2 atom stereocenters. The third-order valence-electron chi connectivity index (χ3n) is 7.64. The summed E-state index contributed by atoms with van der Waals surface area (Å²) in [6, 6.07) is 3.61. The van der Waals surface area contributed by atoms with Gasteiger partial charge in [0, 0.05) is 30.2 Å². The predicted octanol–water partition coefficient (Wildman–Crippen LogP) is 5.86. The Bertz CT molecular complexity index is 908. The summed E-state index contributed by atoms with van der Waals surface area (Å²) < 4.78 is 5.29. The number of phenolic OH excluding ortho intramolecular Hbond substituents is 1. The highest BCUT2D eigenvalue weighted by Crippen LogP contribution is 2.56. The number of rotatable bonds is 11. The van der Waals surface area contributed by atoms with Gasteiger partial charge < -0.3 is 14.9 Å². The molecule has 33 heavy (non-hydrogen) atoms. The number of Topliss-reactive ketones (excluding diaryl/α,β-unsaturated/α-hetero) is 2. The molecule has 2 rings (SSSR count). The van der Waals surface area contributed by atoms with Gasteiger partial charge >= 0.3 is 0 Å². The molecule has 0 aromatic heterocycles. The van der Waals surface area contributed by atoms with Gasteiger partial charge in [-0.1, -0.05) is 31.9 Å². The Labute approximate surface area is 199 Å². The summed E-state index contributed by atoms with van der Waals surface area (Å²) in [6.45, 7) is 11.3. The first-order valence-corrected chi connectivity index (χ1v) is 12.0. The fourth-order valence-electron chi connectivity index (χ4n) is 5.12. The minimum absolute atomic E-state index is 0.140. The second kappa shape index (κ2) is 10.4. The number of ketones is 2. The molecule has 1 aromatic carbocycles. The van der Waals surface area contributed by atoms with Crippen molar-refractivity contribution in [1.29, 1.82) is 0 Å². The van der Waals surface area contributed by atoms with E-state index in [-0.39, 0.29) is 22.7 Å². The summed E-state index contributed by atoms with van der Waals surface area (Å²) in [4.78, 5) is 26.1. The van der Waals surface area contributed by atoms with Crippen molar-refractivity contribution in [3.63, 3.8) is 0 Å². The molecule has 1 saturated carbocycles. The third-order valence-corrected chi connectivity index (χ3v) is 7.64. The zero-order valence-electron chi connectivity index (χ0n) is 21.5. The maximum atomic E-state index is 13.1. The van der Waals surface area contributed by atoms with E-state index in [0.29, 0.717) is 37.9 Å². The number of allylic oxidation sites excluding steroid dienone is 2. The van der Waals surface area contributed by atoms with E-state index in [0.717, 1.165) is 36.0 Å². The lowest BCUT2D eigenvalue weighted by molar-refractivity contribution is -0.136. The third kappa shape index (κ3) is 6.69. The first-order chi connectivity index (χ1) is 15.2. The van der Waals surface area contributed by atoms with Crippen molar-refractivity contribution in [2.75, 3.05) is 7.11 Å². The summed E-state index contributed by atoms with van der Waals surface area (Å²) in [5.41, 5.74) is 0.727. The van der Waals surface area contributed by atoms with Gasteiger partial charge in [0.15, 0.2) is 0 Å². The molecule has 0 heterocycles. The molecule has 2 N–H and O–H groups in total. The highest BCUT2D eigenvalue weighted by Gasteiger charge is 2.53. The second-order valence-electron chi connectivity index (χ2n) is 11.1. The molecule has 0 unspecified atom stereocenters.